The van der Waals surface area contributed by atoms with E-state index in [-0.39, 0.29) is 18.5 Å². The van der Waals surface area contributed by atoms with Crippen molar-refractivity contribution in [1.82, 2.24) is 10.4 Å². The molecule has 1 heterocycles. The largest absolute Gasteiger partial charge is 0.493 e. The lowest BCUT2D eigenvalue weighted by atomic mass is 10.1. The molecular formula is C24H27N3O7. The van der Waals surface area contributed by atoms with Crippen molar-refractivity contribution in [2.75, 3.05) is 32.7 Å². The highest BCUT2D eigenvalue weighted by atomic mass is 16.5. The zero-order valence-electron chi connectivity index (χ0n) is 19.5. The van der Waals surface area contributed by atoms with Crippen molar-refractivity contribution in [3.63, 3.8) is 0 Å². The molecule has 1 aliphatic heterocycles. The lowest BCUT2D eigenvalue weighted by Gasteiger charge is -2.18. The number of esters is 1. The first kappa shape index (κ1) is 24.6. The Balaban J connectivity index is 1.51. The lowest BCUT2D eigenvalue weighted by Crippen LogP contribution is -2.43. The smallest absolute Gasteiger partial charge is 0.311 e. The van der Waals surface area contributed by atoms with Gasteiger partial charge in [-0.25, -0.2) is 0 Å². The van der Waals surface area contributed by atoms with Crippen LogP contribution in [0.3, 0.4) is 0 Å². The SMILES string of the molecule is COc1ccc(C(=O)NN2C[C@H](C(=O)OCC(=O)Nc3ccc(C)c(C)c3)CC2=O)cc1OC. The zero-order valence-corrected chi connectivity index (χ0v) is 19.5. The number of hydrogen-bond donors (Lipinski definition) is 2. The number of amides is 3. The molecule has 0 bridgehead atoms. The molecule has 0 aliphatic carbocycles. The number of methoxy groups -OCH3 is 2. The minimum absolute atomic E-state index is 0.0600. The van der Waals surface area contributed by atoms with Gasteiger partial charge < -0.3 is 19.5 Å². The summed E-state index contributed by atoms with van der Waals surface area (Å²) in [6.07, 6.45) is -0.135. The maximum Gasteiger partial charge on any atom is 0.311 e. The second kappa shape index (κ2) is 10.7. The van der Waals surface area contributed by atoms with E-state index in [2.05, 4.69) is 10.7 Å². The first-order chi connectivity index (χ1) is 16.2. The van der Waals surface area contributed by atoms with E-state index in [1.165, 1.54) is 26.4 Å². The van der Waals surface area contributed by atoms with Crippen LogP contribution in [0.5, 0.6) is 11.5 Å². The van der Waals surface area contributed by atoms with E-state index < -0.39 is 36.2 Å². The highest BCUT2D eigenvalue weighted by Gasteiger charge is 2.36. The number of ether oxygens (including phenoxy) is 3. The first-order valence-corrected chi connectivity index (χ1v) is 10.6. The van der Waals surface area contributed by atoms with Crippen LogP contribution in [0.2, 0.25) is 0 Å². The van der Waals surface area contributed by atoms with Crippen LogP contribution >= 0.6 is 0 Å². The maximum absolute atomic E-state index is 12.6. The van der Waals surface area contributed by atoms with Gasteiger partial charge >= 0.3 is 5.97 Å². The third-order valence-corrected chi connectivity index (χ3v) is 5.48. The summed E-state index contributed by atoms with van der Waals surface area (Å²) < 4.78 is 15.4. The fraction of sp³-hybridized carbons (Fsp3) is 0.333. The van der Waals surface area contributed by atoms with Gasteiger partial charge in [-0.1, -0.05) is 6.07 Å². The van der Waals surface area contributed by atoms with E-state index in [1.54, 1.807) is 12.1 Å². The molecule has 0 saturated carbocycles. The molecule has 1 saturated heterocycles. The van der Waals surface area contributed by atoms with Gasteiger partial charge in [-0.05, 0) is 55.3 Å². The molecule has 34 heavy (non-hydrogen) atoms. The first-order valence-electron chi connectivity index (χ1n) is 10.6. The number of benzene rings is 2. The molecule has 1 atom stereocenters. The van der Waals surface area contributed by atoms with Crippen molar-refractivity contribution < 1.29 is 33.4 Å². The Bertz CT molecular complexity index is 1120. The molecule has 1 aliphatic rings. The number of hydrazine groups is 1. The van der Waals surface area contributed by atoms with Crippen LogP contribution in [0.15, 0.2) is 36.4 Å². The summed E-state index contributed by atoms with van der Waals surface area (Å²) in [5.74, 6) is -2.13. The topological polar surface area (TPSA) is 123 Å². The van der Waals surface area contributed by atoms with Gasteiger partial charge in [0, 0.05) is 17.7 Å². The van der Waals surface area contributed by atoms with Gasteiger partial charge in [-0.2, -0.15) is 0 Å². The number of hydrogen-bond acceptors (Lipinski definition) is 7. The third kappa shape index (κ3) is 5.83. The summed E-state index contributed by atoms with van der Waals surface area (Å²) >= 11 is 0. The monoisotopic (exact) mass is 469 g/mol. The molecule has 2 aromatic carbocycles. The van der Waals surface area contributed by atoms with Crippen molar-refractivity contribution >= 4 is 29.4 Å². The van der Waals surface area contributed by atoms with Crippen LogP contribution in [0, 0.1) is 19.8 Å². The fourth-order valence-electron chi connectivity index (χ4n) is 3.41. The summed E-state index contributed by atoms with van der Waals surface area (Å²) in [6.45, 7) is 3.35. The average Bonchev–Trinajstić information content (AvgIpc) is 3.19. The molecule has 3 rings (SSSR count). The predicted molar refractivity (Wildman–Crippen MR) is 122 cm³/mol. The molecule has 2 N–H and O–H groups in total. The van der Waals surface area contributed by atoms with Crippen LogP contribution in [-0.2, 0) is 19.1 Å². The van der Waals surface area contributed by atoms with Crippen LogP contribution in [0.1, 0.15) is 27.9 Å². The minimum Gasteiger partial charge on any atom is -0.493 e. The van der Waals surface area contributed by atoms with E-state index in [4.69, 9.17) is 14.2 Å². The summed E-state index contributed by atoms with van der Waals surface area (Å²) in [7, 11) is 2.93. The van der Waals surface area contributed by atoms with Crippen LogP contribution in [0.4, 0.5) is 5.69 Å². The summed E-state index contributed by atoms with van der Waals surface area (Å²) in [5, 5.41) is 3.74. The molecule has 2 aromatic rings. The minimum atomic E-state index is -0.798. The van der Waals surface area contributed by atoms with E-state index >= 15 is 0 Å². The van der Waals surface area contributed by atoms with Crippen molar-refractivity contribution in [3.8, 4) is 11.5 Å². The number of carbonyl (C=O) groups excluding carboxylic acids is 4. The average molecular weight is 469 g/mol. The molecule has 3 amide bonds. The molecule has 10 heteroatoms. The number of carbonyl (C=O) groups is 4. The summed E-state index contributed by atoms with van der Waals surface area (Å²) in [5.41, 5.74) is 5.46. The Morgan fingerprint density at radius 2 is 1.74 bits per heavy atom. The second-order valence-electron chi connectivity index (χ2n) is 7.87. The van der Waals surface area contributed by atoms with Crippen LogP contribution in [0.25, 0.3) is 0 Å². The van der Waals surface area contributed by atoms with E-state index in [0.29, 0.717) is 17.2 Å². The molecule has 0 unspecified atom stereocenters. The number of anilines is 1. The summed E-state index contributed by atoms with van der Waals surface area (Å²) in [6, 6.07) is 10.0. The van der Waals surface area contributed by atoms with E-state index in [1.807, 2.05) is 26.0 Å². The Labute approximate surface area is 197 Å². The Morgan fingerprint density at radius 1 is 1.00 bits per heavy atom. The highest BCUT2D eigenvalue weighted by Crippen LogP contribution is 2.27. The number of aryl methyl sites for hydroxylation is 2. The van der Waals surface area contributed by atoms with Gasteiger partial charge in [0.25, 0.3) is 11.8 Å². The molecule has 0 spiro atoms. The Morgan fingerprint density at radius 3 is 2.41 bits per heavy atom. The molecule has 1 fully saturated rings. The van der Waals surface area contributed by atoms with E-state index in [9.17, 15) is 19.2 Å². The van der Waals surface area contributed by atoms with Crippen LogP contribution in [-0.4, -0.2) is 56.1 Å². The van der Waals surface area contributed by atoms with Gasteiger partial charge in [0.1, 0.15) is 0 Å². The maximum atomic E-state index is 12.6. The number of nitrogens with one attached hydrogen (secondary N) is 2. The van der Waals surface area contributed by atoms with Gasteiger partial charge in [-0.3, -0.25) is 29.6 Å². The molecule has 10 nitrogen and oxygen atoms in total. The van der Waals surface area contributed by atoms with E-state index in [0.717, 1.165) is 16.1 Å². The van der Waals surface area contributed by atoms with Gasteiger partial charge in [0.05, 0.1) is 26.7 Å². The molecule has 180 valence electrons. The molecule has 0 radical (unpaired) electrons. The number of nitrogens with zero attached hydrogens (tertiary/aromatic N) is 1. The number of rotatable bonds is 8. The fourth-order valence-corrected chi connectivity index (χ4v) is 3.41. The lowest BCUT2D eigenvalue weighted by molar-refractivity contribution is -0.151. The van der Waals surface area contributed by atoms with Gasteiger partial charge in [0.15, 0.2) is 18.1 Å². The normalized spacial score (nSPS) is 15.0. The third-order valence-electron chi connectivity index (χ3n) is 5.48. The predicted octanol–water partition coefficient (Wildman–Crippen LogP) is 2.00. The second-order valence-corrected chi connectivity index (χ2v) is 7.87. The Kier molecular flexibility index (Phi) is 7.72. The van der Waals surface area contributed by atoms with Crippen molar-refractivity contribution in [2.45, 2.75) is 20.3 Å². The van der Waals surface area contributed by atoms with Gasteiger partial charge in [-0.15, -0.1) is 0 Å². The van der Waals surface area contributed by atoms with Crippen LogP contribution < -0.4 is 20.2 Å². The molecular weight excluding hydrogens is 442 g/mol. The van der Waals surface area contributed by atoms with Crippen molar-refractivity contribution in [1.29, 1.82) is 0 Å². The van der Waals surface area contributed by atoms with Crippen molar-refractivity contribution in [2.24, 2.45) is 5.92 Å². The highest BCUT2D eigenvalue weighted by molar-refractivity contribution is 5.97. The standard InChI is InChI=1S/C24H27N3O7/c1-14-5-7-18(9-15(14)2)25-21(28)13-34-24(31)17-11-22(29)27(12-17)26-23(30)16-6-8-19(32-3)20(10-16)33-4/h5-10,17H,11-13H2,1-4H3,(H,25,28)(H,26,30)/t17-/m1/s1. The quantitative estimate of drug-likeness (QED) is 0.567. The van der Waals surface area contributed by atoms with Crippen molar-refractivity contribution in [3.05, 3.63) is 53.1 Å². The summed E-state index contributed by atoms with van der Waals surface area (Å²) in [4.78, 5) is 49.3. The van der Waals surface area contributed by atoms with Gasteiger partial charge in [0.2, 0.25) is 5.91 Å². The zero-order chi connectivity index (χ0) is 24.8. The molecule has 0 aromatic heterocycles. The Hall–Kier alpha value is -4.08.